The van der Waals surface area contributed by atoms with Crippen molar-refractivity contribution in [2.24, 2.45) is 0 Å². The number of hydrogen-bond donors (Lipinski definition) is 1. The van der Waals surface area contributed by atoms with Gasteiger partial charge in [-0.15, -0.1) is 11.3 Å². The molecular weight excluding hydrogens is 268 g/mol. The van der Waals surface area contributed by atoms with Gasteiger partial charge >= 0.3 is 0 Å². The number of thiophene rings is 1. The molecule has 102 valence electrons. The van der Waals surface area contributed by atoms with E-state index >= 15 is 0 Å². The minimum Gasteiger partial charge on any atom is -0.309 e. The Morgan fingerprint density at radius 1 is 1.50 bits per heavy atom. The van der Waals surface area contributed by atoms with Crippen LogP contribution in [0.3, 0.4) is 0 Å². The van der Waals surface area contributed by atoms with Gasteiger partial charge in [0.15, 0.2) is 0 Å². The van der Waals surface area contributed by atoms with Crippen LogP contribution in [-0.4, -0.2) is 39.1 Å². The lowest BCUT2D eigenvalue weighted by molar-refractivity contribution is 0.469. The molecule has 0 amide bonds. The molecule has 4 nitrogen and oxygen atoms in total. The highest BCUT2D eigenvalue weighted by Gasteiger charge is 2.21. The molecule has 1 unspecified atom stereocenters. The van der Waals surface area contributed by atoms with Gasteiger partial charge in [0.25, 0.3) is 0 Å². The minimum absolute atomic E-state index is 0.163. The molecule has 18 heavy (non-hydrogen) atoms. The zero-order valence-corrected chi connectivity index (χ0v) is 12.5. The largest absolute Gasteiger partial charge is 0.309 e. The molecule has 0 bridgehead atoms. The average molecular weight is 288 g/mol. The van der Waals surface area contributed by atoms with Gasteiger partial charge in [0.2, 0.25) is 10.0 Å². The maximum absolute atomic E-state index is 11.7. The maximum atomic E-state index is 11.7. The highest BCUT2D eigenvalue weighted by molar-refractivity contribution is 7.89. The van der Waals surface area contributed by atoms with Gasteiger partial charge in [-0.05, 0) is 36.3 Å². The summed E-state index contributed by atoms with van der Waals surface area (Å²) in [6.45, 7) is 0.514. The lowest BCUT2D eigenvalue weighted by Crippen LogP contribution is -2.33. The summed E-state index contributed by atoms with van der Waals surface area (Å²) in [5.41, 5.74) is 1.37. The van der Waals surface area contributed by atoms with Crippen molar-refractivity contribution >= 4 is 21.4 Å². The molecule has 1 heterocycles. The maximum Gasteiger partial charge on any atom is 0.214 e. The first kappa shape index (κ1) is 14.0. The van der Waals surface area contributed by atoms with Gasteiger partial charge in [-0.25, -0.2) is 12.7 Å². The molecule has 0 aromatic carbocycles. The smallest absolute Gasteiger partial charge is 0.214 e. The fourth-order valence-corrected chi connectivity index (χ4v) is 3.97. The molecule has 6 heteroatoms. The Balaban J connectivity index is 1.90. The number of hydrogen-bond acceptors (Lipinski definition) is 4. The van der Waals surface area contributed by atoms with Crippen molar-refractivity contribution in [2.75, 3.05) is 26.4 Å². The fourth-order valence-electron chi connectivity index (χ4n) is 2.24. The Hall–Kier alpha value is -0.430. The van der Waals surface area contributed by atoms with E-state index in [9.17, 15) is 8.42 Å². The monoisotopic (exact) mass is 288 g/mol. The van der Waals surface area contributed by atoms with Crippen molar-refractivity contribution in [2.45, 2.75) is 25.3 Å². The third-order valence-electron chi connectivity index (χ3n) is 3.36. The number of sulfonamides is 1. The summed E-state index contributed by atoms with van der Waals surface area (Å²) in [5.74, 6) is 0.163. The molecule has 1 aromatic heterocycles. The highest BCUT2D eigenvalue weighted by atomic mass is 32.2. The van der Waals surface area contributed by atoms with E-state index in [0.717, 1.165) is 6.42 Å². The van der Waals surface area contributed by atoms with E-state index in [2.05, 4.69) is 16.8 Å². The molecule has 1 N–H and O–H groups in total. The number of aryl methyl sites for hydroxylation is 1. The van der Waals surface area contributed by atoms with Gasteiger partial charge in [-0.3, -0.25) is 0 Å². The molecule has 0 spiro atoms. The highest BCUT2D eigenvalue weighted by Crippen LogP contribution is 2.32. The second-order valence-corrected chi connectivity index (χ2v) is 8.10. The van der Waals surface area contributed by atoms with Crippen LogP contribution in [0.4, 0.5) is 0 Å². The minimum atomic E-state index is -3.09. The van der Waals surface area contributed by atoms with Gasteiger partial charge in [-0.1, -0.05) is 0 Å². The van der Waals surface area contributed by atoms with Crippen LogP contribution in [0, 0.1) is 0 Å². The van der Waals surface area contributed by atoms with Crippen LogP contribution in [-0.2, 0) is 16.4 Å². The summed E-state index contributed by atoms with van der Waals surface area (Å²) >= 11 is 1.81. The van der Waals surface area contributed by atoms with Crippen LogP contribution in [0.25, 0.3) is 0 Å². The summed E-state index contributed by atoms with van der Waals surface area (Å²) in [5, 5.41) is 5.50. The molecule has 0 saturated heterocycles. The lowest BCUT2D eigenvalue weighted by Gasteiger charge is -2.24. The predicted molar refractivity (Wildman–Crippen MR) is 75.5 cm³/mol. The van der Waals surface area contributed by atoms with E-state index in [-0.39, 0.29) is 5.75 Å². The summed E-state index contributed by atoms with van der Waals surface area (Å²) in [4.78, 5) is 1.45. The normalized spacial score (nSPS) is 20.1. The van der Waals surface area contributed by atoms with Crippen molar-refractivity contribution in [3.05, 3.63) is 21.9 Å². The average Bonchev–Trinajstić information content (AvgIpc) is 2.77. The van der Waals surface area contributed by atoms with Crippen LogP contribution < -0.4 is 5.32 Å². The molecule has 1 atom stereocenters. The van der Waals surface area contributed by atoms with Gasteiger partial charge < -0.3 is 5.32 Å². The quantitative estimate of drug-likeness (QED) is 0.895. The zero-order chi connectivity index (χ0) is 13.2. The van der Waals surface area contributed by atoms with Crippen LogP contribution in [0.1, 0.15) is 29.3 Å². The second-order valence-electron chi connectivity index (χ2n) is 4.80. The van der Waals surface area contributed by atoms with E-state index < -0.39 is 10.0 Å². The van der Waals surface area contributed by atoms with Gasteiger partial charge in [-0.2, -0.15) is 0 Å². The molecule has 2 rings (SSSR count). The van der Waals surface area contributed by atoms with Crippen LogP contribution in [0.5, 0.6) is 0 Å². The van der Waals surface area contributed by atoms with Gasteiger partial charge in [0.05, 0.1) is 5.75 Å². The molecule has 0 radical (unpaired) electrons. The summed E-state index contributed by atoms with van der Waals surface area (Å²) < 4.78 is 24.6. The van der Waals surface area contributed by atoms with Gasteiger partial charge in [0.1, 0.15) is 0 Å². The zero-order valence-electron chi connectivity index (χ0n) is 10.8. The molecule has 0 saturated carbocycles. The Bertz CT molecular complexity index is 494. The van der Waals surface area contributed by atoms with Crippen LogP contribution >= 0.6 is 11.3 Å². The Morgan fingerprint density at radius 2 is 2.28 bits per heavy atom. The first-order valence-electron chi connectivity index (χ1n) is 6.20. The Kier molecular flexibility index (Phi) is 4.42. The van der Waals surface area contributed by atoms with Gasteiger partial charge in [0, 0.05) is 31.6 Å². The Morgan fingerprint density at radius 3 is 3.00 bits per heavy atom. The summed E-state index contributed by atoms with van der Waals surface area (Å²) in [6.07, 6.45) is 3.46. The topological polar surface area (TPSA) is 49.4 Å². The molecule has 1 aliphatic rings. The van der Waals surface area contributed by atoms with E-state index in [1.54, 1.807) is 25.4 Å². The number of rotatable bonds is 5. The SMILES string of the molecule is CN(C)S(=O)(=O)CCNC1CCCc2sccc21. The molecular formula is C12H20N2O2S2. The van der Waals surface area contributed by atoms with Crippen molar-refractivity contribution in [1.29, 1.82) is 0 Å². The van der Waals surface area contributed by atoms with Crippen molar-refractivity contribution in [3.63, 3.8) is 0 Å². The first-order chi connectivity index (χ1) is 8.50. The lowest BCUT2D eigenvalue weighted by atomic mass is 9.94. The van der Waals surface area contributed by atoms with E-state index in [0.29, 0.717) is 12.6 Å². The summed E-state index contributed by atoms with van der Waals surface area (Å²) in [7, 11) is 0.0631. The van der Waals surface area contributed by atoms with E-state index in [1.807, 2.05) is 0 Å². The van der Waals surface area contributed by atoms with Crippen molar-refractivity contribution < 1.29 is 8.42 Å². The number of nitrogens with zero attached hydrogens (tertiary/aromatic N) is 1. The fraction of sp³-hybridized carbons (Fsp3) is 0.667. The molecule has 0 aliphatic heterocycles. The van der Waals surface area contributed by atoms with Crippen LogP contribution in [0.15, 0.2) is 11.4 Å². The second kappa shape index (κ2) is 5.69. The van der Waals surface area contributed by atoms with E-state index in [4.69, 9.17) is 0 Å². The molecule has 1 aliphatic carbocycles. The van der Waals surface area contributed by atoms with Crippen molar-refractivity contribution in [3.8, 4) is 0 Å². The first-order valence-corrected chi connectivity index (χ1v) is 8.69. The Labute approximate surface area is 113 Å². The third-order valence-corrected chi connectivity index (χ3v) is 6.19. The van der Waals surface area contributed by atoms with E-state index in [1.165, 1.54) is 27.6 Å². The van der Waals surface area contributed by atoms with Crippen LogP contribution in [0.2, 0.25) is 0 Å². The summed E-state index contributed by atoms with van der Waals surface area (Å²) in [6, 6.07) is 2.49. The predicted octanol–water partition coefficient (Wildman–Crippen LogP) is 1.61. The number of nitrogens with one attached hydrogen (secondary N) is 1. The molecule has 0 fully saturated rings. The van der Waals surface area contributed by atoms with Crippen molar-refractivity contribution in [1.82, 2.24) is 9.62 Å². The standard InChI is InChI=1S/C12H20N2O2S2/c1-14(2)18(15,16)9-7-13-11-4-3-5-12-10(11)6-8-17-12/h6,8,11,13H,3-5,7,9H2,1-2H3. The third kappa shape index (κ3) is 3.12. The molecule has 1 aromatic rings. The number of fused-ring (bicyclic) bond motifs is 1.